The van der Waals surface area contributed by atoms with Crippen LogP contribution in [-0.2, 0) is 14.3 Å². The van der Waals surface area contributed by atoms with Crippen LogP contribution in [0.5, 0.6) is 0 Å². The number of hydrogen-bond donors (Lipinski definition) is 2. The molecule has 17 heavy (non-hydrogen) atoms. The van der Waals surface area contributed by atoms with Crippen molar-refractivity contribution < 1.29 is 19.4 Å². The third kappa shape index (κ3) is 7.70. The molecular weight excluding hydrogens is 224 g/mol. The molecule has 0 saturated heterocycles. The van der Waals surface area contributed by atoms with Crippen molar-refractivity contribution in [3.63, 3.8) is 0 Å². The van der Waals surface area contributed by atoms with Gasteiger partial charge in [0.25, 0.3) is 0 Å². The van der Waals surface area contributed by atoms with Crippen molar-refractivity contribution in [2.45, 2.75) is 25.8 Å². The maximum Gasteiger partial charge on any atom is 0.303 e. The summed E-state index contributed by atoms with van der Waals surface area (Å²) in [6.07, 6.45) is 0.671. The van der Waals surface area contributed by atoms with E-state index in [1.807, 2.05) is 11.9 Å². The van der Waals surface area contributed by atoms with Crippen LogP contribution in [0.2, 0.25) is 0 Å². The minimum Gasteiger partial charge on any atom is -0.481 e. The van der Waals surface area contributed by atoms with E-state index in [0.717, 1.165) is 0 Å². The first-order valence-electron chi connectivity index (χ1n) is 5.67. The van der Waals surface area contributed by atoms with Crippen molar-refractivity contribution in [3.05, 3.63) is 0 Å². The summed E-state index contributed by atoms with van der Waals surface area (Å²) in [4.78, 5) is 23.8. The molecule has 1 amide bonds. The number of ether oxygens (including phenoxy) is 1. The zero-order valence-electron chi connectivity index (χ0n) is 10.7. The van der Waals surface area contributed by atoms with Crippen LogP contribution in [0.25, 0.3) is 0 Å². The quantitative estimate of drug-likeness (QED) is 0.557. The van der Waals surface area contributed by atoms with Crippen molar-refractivity contribution in [2.75, 3.05) is 33.9 Å². The molecule has 1 unspecified atom stereocenters. The number of carbonyl (C=O) groups is 2. The molecule has 0 saturated carbocycles. The van der Waals surface area contributed by atoms with E-state index in [0.29, 0.717) is 26.1 Å². The van der Waals surface area contributed by atoms with E-state index in [4.69, 9.17) is 9.84 Å². The van der Waals surface area contributed by atoms with E-state index in [9.17, 15) is 9.59 Å². The molecule has 0 fully saturated rings. The molecule has 0 aromatic heterocycles. The van der Waals surface area contributed by atoms with Crippen LogP contribution >= 0.6 is 0 Å². The van der Waals surface area contributed by atoms with E-state index in [2.05, 4.69) is 5.32 Å². The Kier molecular flexibility index (Phi) is 8.35. The molecule has 0 bridgehead atoms. The van der Waals surface area contributed by atoms with Gasteiger partial charge in [0, 0.05) is 20.1 Å². The second-order valence-corrected chi connectivity index (χ2v) is 3.94. The fourth-order valence-electron chi connectivity index (χ4n) is 1.30. The Hall–Kier alpha value is -1.14. The standard InChI is InChI=1S/C11H22N2O4/c1-9(11(16)12-6-8-17-3)13(2)7-4-5-10(14)15/h9H,4-8H2,1-3H3,(H,12,16)(H,14,15). The van der Waals surface area contributed by atoms with Crippen LogP contribution in [-0.4, -0.2) is 61.8 Å². The van der Waals surface area contributed by atoms with Gasteiger partial charge in [-0.2, -0.15) is 0 Å². The van der Waals surface area contributed by atoms with Gasteiger partial charge in [0.05, 0.1) is 12.6 Å². The van der Waals surface area contributed by atoms with Gasteiger partial charge in [0.1, 0.15) is 0 Å². The Morgan fingerprint density at radius 3 is 2.65 bits per heavy atom. The fourth-order valence-corrected chi connectivity index (χ4v) is 1.30. The topological polar surface area (TPSA) is 78.9 Å². The molecule has 2 N–H and O–H groups in total. The van der Waals surface area contributed by atoms with Crippen LogP contribution in [0.3, 0.4) is 0 Å². The number of hydrogen-bond acceptors (Lipinski definition) is 4. The molecule has 1 atom stereocenters. The first-order chi connectivity index (χ1) is 7.99. The highest BCUT2D eigenvalue weighted by molar-refractivity contribution is 5.81. The van der Waals surface area contributed by atoms with Crippen molar-refractivity contribution in [1.29, 1.82) is 0 Å². The van der Waals surface area contributed by atoms with Gasteiger partial charge in [0.2, 0.25) is 5.91 Å². The average molecular weight is 246 g/mol. The predicted octanol–water partition coefficient (Wildman–Crippen LogP) is -0.0659. The molecule has 0 heterocycles. The van der Waals surface area contributed by atoms with Crippen molar-refractivity contribution in [1.82, 2.24) is 10.2 Å². The molecule has 0 radical (unpaired) electrons. The minimum absolute atomic E-state index is 0.0696. The van der Waals surface area contributed by atoms with Gasteiger partial charge < -0.3 is 15.2 Å². The van der Waals surface area contributed by atoms with Crippen LogP contribution in [0.4, 0.5) is 0 Å². The lowest BCUT2D eigenvalue weighted by atomic mass is 10.2. The summed E-state index contributed by atoms with van der Waals surface area (Å²) < 4.78 is 4.83. The van der Waals surface area contributed by atoms with Gasteiger partial charge in [-0.15, -0.1) is 0 Å². The zero-order chi connectivity index (χ0) is 13.3. The first kappa shape index (κ1) is 15.9. The molecule has 100 valence electrons. The van der Waals surface area contributed by atoms with Gasteiger partial charge in [-0.1, -0.05) is 0 Å². The maximum absolute atomic E-state index is 11.6. The molecule has 0 aliphatic heterocycles. The number of aliphatic carboxylic acids is 1. The van der Waals surface area contributed by atoms with Gasteiger partial charge in [-0.3, -0.25) is 14.5 Å². The third-order valence-corrected chi connectivity index (χ3v) is 2.55. The molecule has 0 spiro atoms. The lowest BCUT2D eigenvalue weighted by Gasteiger charge is -2.23. The molecular formula is C11H22N2O4. The maximum atomic E-state index is 11.6. The first-order valence-corrected chi connectivity index (χ1v) is 5.67. The molecule has 6 nitrogen and oxygen atoms in total. The highest BCUT2D eigenvalue weighted by Gasteiger charge is 2.17. The van der Waals surface area contributed by atoms with Crippen LogP contribution in [0, 0.1) is 0 Å². The smallest absolute Gasteiger partial charge is 0.303 e. The molecule has 6 heteroatoms. The Bertz CT molecular complexity index is 246. The lowest BCUT2D eigenvalue weighted by molar-refractivity contribution is -0.137. The summed E-state index contributed by atoms with van der Waals surface area (Å²) in [5, 5.41) is 11.2. The minimum atomic E-state index is -0.810. The Balaban J connectivity index is 3.81. The molecule has 0 aromatic carbocycles. The lowest BCUT2D eigenvalue weighted by Crippen LogP contribution is -2.44. The largest absolute Gasteiger partial charge is 0.481 e. The van der Waals surface area contributed by atoms with Crippen molar-refractivity contribution >= 4 is 11.9 Å². The number of carboxylic acids is 1. The normalized spacial score (nSPS) is 12.5. The monoisotopic (exact) mass is 246 g/mol. The number of nitrogens with zero attached hydrogens (tertiary/aromatic N) is 1. The molecule has 0 aliphatic rings. The Morgan fingerprint density at radius 2 is 2.12 bits per heavy atom. The van der Waals surface area contributed by atoms with Crippen molar-refractivity contribution in [2.24, 2.45) is 0 Å². The summed E-state index contributed by atoms with van der Waals surface area (Å²) in [6, 6.07) is -0.263. The van der Waals surface area contributed by atoms with E-state index < -0.39 is 5.97 Å². The fraction of sp³-hybridized carbons (Fsp3) is 0.818. The SMILES string of the molecule is COCCNC(=O)C(C)N(C)CCCC(=O)O. The second-order valence-electron chi connectivity index (χ2n) is 3.94. The average Bonchev–Trinajstić information content (AvgIpc) is 2.27. The van der Waals surface area contributed by atoms with Gasteiger partial charge in [-0.05, 0) is 26.9 Å². The number of likely N-dealkylation sites (N-methyl/N-ethyl adjacent to an activating group) is 1. The second kappa shape index (κ2) is 8.95. The summed E-state index contributed by atoms with van der Waals surface area (Å²) in [7, 11) is 3.38. The van der Waals surface area contributed by atoms with Gasteiger partial charge in [-0.25, -0.2) is 0 Å². The van der Waals surface area contributed by atoms with E-state index in [-0.39, 0.29) is 18.4 Å². The van der Waals surface area contributed by atoms with Gasteiger partial charge >= 0.3 is 5.97 Å². The van der Waals surface area contributed by atoms with E-state index in [1.165, 1.54) is 0 Å². The predicted molar refractivity (Wildman–Crippen MR) is 63.8 cm³/mol. The summed E-state index contributed by atoms with van der Waals surface area (Å²) in [6.45, 7) is 3.36. The number of carbonyl (C=O) groups excluding carboxylic acids is 1. The number of methoxy groups -OCH3 is 1. The summed E-state index contributed by atoms with van der Waals surface area (Å²) >= 11 is 0. The van der Waals surface area contributed by atoms with Crippen molar-refractivity contribution in [3.8, 4) is 0 Å². The number of amides is 1. The van der Waals surface area contributed by atoms with Gasteiger partial charge in [0.15, 0.2) is 0 Å². The molecule has 0 rings (SSSR count). The number of carboxylic acid groups (broad SMARTS) is 1. The molecule has 0 aliphatic carbocycles. The zero-order valence-corrected chi connectivity index (χ0v) is 10.7. The summed E-state index contributed by atoms with van der Waals surface area (Å²) in [5.74, 6) is -0.879. The third-order valence-electron chi connectivity index (χ3n) is 2.55. The summed E-state index contributed by atoms with van der Waals surface area (Å²) in [5.41, 5.74) is 0. The van der Waals surface area contributed by atoms with Crippen LogP contribution < -0.4 is 5.32 Å². The number of nitrogens with one attached hydrogen (secondary N) is 1. The van der Waals surface area contributed by atoms with E-state index >= 15 is 0 Å². The number of rotatable bonds is 9. The Morgan fingerprint density at radius 1 is 1.47 bits per heavy atom. The highest BCUT2D eigenvalue weighted by atomic mass is 16.5. The molecule has 0 aromatic rings. The van der Waals surface area contributed by atoms with Crippen LogP contribution in [0.15, 0.2) is 0 Å². The van der Waals surface area contributed by atoms with Crippen LogP contribution in [0.1, 0.15) is 19.8 Å². The van der Waals surface area contributed by atoms with E-state index in [1.54, 1.807) is 14.0 Å². The highest BCUT2D eigenvalue weighted by Crippen LogP contribution is 1.99. The Labute approximate surface area is 102 Å².